The molecule has 0 aliphatic rings. The van der Waals surface area contributed by atoms with E-state index in [1.807, 2.05) is 0 Å². The van der Waals surface area contributed by atoms with E-state index in [9.17, 15) is 26.3 Å². The van der Waals surface area contributed by atoms with Crippen LogP contribution in [0, 0.1) is 5.92 Å². The first-order valence-corrected chi connectivity index (χ1v) is 3.30. The minimum absolute atomic E-state index is 0.609. The Morgan fingerprint density at radius 3 is 1.23 bits per heavy atom. The van der Waals surface area contributed by atoms with Gasteiger partial charge in [-0.05, 0) is 0 Å². The van der Waals surface area contributed by atoms with Crippen molar-refractivity contribution in [3.05, 3.63) is 0 Å². The molecule has 0 rings (SSSR count). The summed E-state index contributed by atoms with van der Waals surface area (Å²) < 4.78 is 72.3. The summed E-state index contributed by atoms with van der Waals surface area (Å²) in [6.45, 7) is 1.22. The average Bonchev–Trinajstić information content (AvgIpc) is 1.80. The summed E-state index contributed by atoms with van der Waals surface area (Å²) in [5.74, 6) is -2.08. The van der Waals surface area contributed by atoms with Crippen molar-refractivity contribution in [2.75, 3.05) is 0 Å². The largest absolute Gasteiger partial charge is 0.431 e. The smallest absolute Gasteiger partial charge is 0.333 e. The van der Waals surface area contributed by atoms with Crippen molar-refractivity contribution in [2.45, 2.75) is 31.8 Å². The fourth-order valence-corrected chi connectivity index (χ4v) is 0.845. The van der Waals surface area contributed by atoms with E-state index in [4.69, 9.17) is 5.11 Å². The van der Waals surface area contributed by atoms with Gasteiger partial charge in [-0.15, -0.1) is 0 Å². The third kappa shape index (κ3) is 1.90. The zero-order chi connectivity index (χ0) is 11.1. The van der Waals surface area contributed by atoms with Crippen LogP contribution in [-0.2, 0) is 0 Å². The number of aliphatic hydroxyl groups is 1. The summed E-state index contributed by atoms with van der Waals surface area (Å²) in [6.07, 6.45) is -11.2. The number of hydrogen-bond donors (Lipinski definition) is 1. The van der Waals surface area contributed by atoms with Crippen molar-refractivity contribution in [1.29, 1.82) is 0 Å². The molecule has 1 nitrogen and oxygen atoms in total. The lowest BCUT2D eigenvalue weighted by molar-refractivity contribution is -0.380. The van der Waals surface area contributed by atoms with Gasteiger partial charge in [0.2, 0.25) is 0 Å². The van der Waals surface area contributed by atoms with Crippen molar-refractivity contribution >= 4 is 0 Å². The normalized spacial score (nSPS) is 18.9. The Balaban J connectivity index is 5.22. The quantitative estimate of drug-likeness (QED) is 0.694. The Hall–Kier alpha value is -0.460. The van der Waals surface area contributed by atoms with Gasteiger partial charge in [-0.3, -0.25) is 0 Å². The molecule has 80 valence electrons. The van der Waals surface area contributed by atoms with Crippen molar-refractivity contribution in [3.8, 4) is 0 Å². The van der Waals surface area contributed by atoms with Crippen molar-refractivity contribution < 1.29 is 31.4 Å². The van der Waals surface area contributed by atoms with E-state index in [0.29, 0.717) is 13.8 Å². The van der Waals surface area contributed by atoms with Gasteiger partial charge >= 0.3 is 12.3 Å². The van der Waals surface area contributed by atoms with E-state index in [0.717, 1.165) is 0 Å². The van der Waals surface area contributed by atoms with Crippen LogP contribution in [0.4, 0.5) is 26.3 Å². The number of rotatable bonds is 2. The molecular formula is C6H8F6O. The maximum atomic E-state index is 12.8. The van der Waals surface area contributed by atoms with Gasteiger partial charge in [0.1, 0.15) is 0 Å². The van der Waals surface area contributed by atoms with E-state index >= 15 is 0 Å². The second-order valence-electron chi connectivity index (χ2n) is 2.91. The molecule has 0 heterocycles. The molecule has 1 N–H and O–H groups in total. The molecule has 0 aromatic rings. The van der Waals surface area contributed by atoms with Crippen LogP contribution in [0.2, 0.25) is 0 Å². The first-order valence-electron chi connectivity index (χ1n) is 3.30. The molecule has 0 saturated heterocycles. The summed E-state index contributed by atoms with van der Waals surface area (Å²) in [6, 6.07) is 0. The first kappa shape index (κ1) is 12.5. The summed E-state index contributed by atoms with van der Waals surface area (Å²) in [7, 11) is 0. The molecule has 0 aromatic carbocycles. The van der Waals surface area contributed by atoms with E-state index in [1.54, 1.807) is 0 Å². The number of alkyl halides is 6. The van der Waals surface area contributed by atoms with Gasteiger partial charge in [0.25, 0.3) is 5.67 Å². The monoisotopic (exact) mass is 210 g/mol. The Kier molecular flexibility index (Phi) is 2.93. The molecule has 7 heteroatoms. The Labute approximate surface area is 70.4 Å². The van der Waals surface area contributed by atoms with Crippen LogP contribution in [0.5, 0.6) is 0 Å². The van der Waals surface area contributed by atoms with Gasteiger partial charge in [-0.1, -0.05) is 13.8 Å². The second-order valence-corrected chi connectivity index (χ2v) is 2.91. The summed E-state index contributed by atoms with van der Waals surface area (Å²) in [4.78, 5) is 0. The molecule has 0 aliphatic carbocycles. The van der Waals surface area contributed by atoms with Gasteiger partial charge in [0.15, 0.2) is 0 Å². The van der Waals surface area contributed by atoms with E-state index in [1.165, 1.54) is 0 Å². The predicted molar refractivity (Wildman–Crippen MR) is 31.9 cm³/mol. The number of hydrogen-bond acceptors (Lipinski definition) is 1. The lowest BCUT2D eigenvalue weighted by Crippen LogP contribution is -2.58. The zero-order valence-corrected chi connectivity index (χ0v) is 6.79. The molecule has 0 saturated carbocycles. The Morgan fingerprint density at radius 1 is 0.923 bits per heavy atom. The minimum Gasteiger partial charge on any atom is -0.333 e. The van der Waals surface area contributed by atoms with E-state index in [-0.39, 0.29) is 0 Å². The van der Waals surface area contributed by atoms with Crippen LogP contribution in [0.3, 0.4) is 0 Å². The Bertz CT molecular complexity index is 165. The second kappa shape index (κ2) is 3.04. The fraction of sp³-hybridized carbons (Fsp3) is 1.00. The maximum Gasteiger partial charge on any atom is 0.431 e. The van der Waals surface area contributed by atoms with Crippen LogP contribution >= 0.6 is 0 Å². The lowest BCUT2D eigenvalue weighted by Gasteiger charge is -2.34. The van der Waals surface area contributed by atoms with Crippen molar-refractivity contribution in [1.82, 2.24) is 0 Å². The van der Waals surface area contributed by atoms with Gasteiger partial charge in [-0.2, -0.15) is 22.0 Å². The Morgan fingerprint density at radius 2 is 1.23 bits per heavy atom. The van der Waals surface area contributed by atoms with Crippen molar-refractivity contribution in [2.24, 2.45) is 5.92 Å². The highest BCUT2D eigenvalue weighted by Gasteiger charge is 2.72. The SMILES string of the molecule is CC(C)C(F)(C(O)(F)F)C(F)(F)F. The van der Waals surface area contributed by atoms with Gasteiger partial charge in [-0.25, -0.2) is 4.39 Å². The van der Waals surface area contributed by atoms with Crippen LogP contribution in [0.15, 0.2) is 0 Å². The minimum atomic E-state index is -5.81. The van der Waals surface area contributed by atoms with Gasteiger partial charge < -0.3 is 5.11 Å². The molecule has 0 fully saturated rings. The summed E-state index contributed by atoms with van der Waals surface area (Å²) in [5.41, 5.74) is -4.90. The standard InChI is InChI=1S/C6H8F6O/c1-3(2)4(7,5(8,9)10)6(11,12)13/h3,13H,1-2H3. The molecule has 0 spiro atoms. The molecule has 0 bridgehead atoms. The van der Waals surface area contributed by atoms with Gasteiger partial charge in [0.05, 0.1) is 0 Å². The first-order chi connectivity index (χ1) is 5.44. The third-order valence-corrected chi connectivity index (χ3v) is 1.65. The zero-order valence-electron chi connectivity index (χ0n) is 6.79. The summed E-state index contributed by atoms with van der Waals surface area (Å²) in [5, 5.41) is 7.81. The van der Waals surface area contributed by atoms with Crippen LogP contribution in [0.25, 0.3) is 0 Å². The van der Waals surface area contributed by atoms with E-state index < -0.39 is 23.9 Å². The maximum absolute atomic E-state index is 12.8. The highest BCUT2D eigenvalue weighted by Crippen LogP contribution is 2.48. The predicted octanol–water partition coefficient (Wildman–Crippen LogP) is 2.50. The van der Waals surface area contributed by atoms with Crippen molar-refractivity contribution in [3.63, 3.8) is 0 Å². The highest BCUT2D eigenvalue weighted by molar-refractivity contribution is 4.96. The van der Waals surface area contributed by atoms with Crippen LogP contribution < -0.4 is 0 Å². The lowest BCUT2D eigenvalue weighted by atomic mass is 9.90. The third-order valence-electron chi connectivity index (χ3n) is 1.65. The molecule has 1 atom stereocenters. The molecule has 13 heavy (non-hydrogen) atoms. The highest BCUT2D eigenvalue weighted by atomic mass is 19.4. The molecule has 0 aromatic heterocycles. The molecule has 1 unspecified atom stereocenters. The molecular weight excluding hydrogens is 202 g/mol. The molecule has 0 radical (unpaired) electrons. The van der Waals surface area contributed by atoms with Crippen LogP contribution in [0.1, 0.15) is 13.8 Å². The average molecular weight is 210 g/mol. The van der Waals surface area contributed by atoms with E-state index in [2.05, 4.69) is 0 Å². The number of halogens is 6. The molecule has 0 aliphatic heterocycles. The van der Waals surface area contributed by atoms with Crippen LogP contribution in [-0.4, -0.2) is 23.1 Å². The fourth-order valence-electron chi connectivity index (χ4n) is 0.845. The summed E-state index contributed by atoms with van der Waals surface area (Å²) >= 11 is 0. The molecule has 0 amide bonds. The topological polar surface area (TPSA) is 20.2 Å². The van der Waals surface area contributed by atoms with Gasteiger partial charge in [0, 0.05) is 5.92 Å².